The molecule has 0 aliphatic heterocycles. The number of amides is 1. The molecule has 1 N–H and O–H groups in total. The summed E-state index contributed by atoms with van der Waals surface area (Å²) in [5.41, 5.74) is 0. The van der Waals surface area contributed by atoms with Crippen LogP contribution in [-0.4, -0.2) is 11.9 Å². The fraction of sp³-hybridized carbons (Fsp3) is 0.727. The molecule has 0 heterocycles. The summed E-state index contributed by atoms with van der Waals surface area (Å²) in [6, 6.07) is -0.0888. The summed E-state index contributed by atoms with van der Waals surface area (Å²) in [5, 5.41) is 2.80. The Hall–Kier alpha value is -0.970. The van der Waals surface area contributed by atoms with Gasteiger partial charge >= 0.3 is 0 Å². The number of terminal acetylenes is 1. The molecule has 0 rings (SSSR count). The molecule has 0 fully saturated rings. The monoisotopic (exact) mass is 181 g/mol. The van der Waals surface area contributed by atoms with Crippen LogP contribution in [0.25, 0.3) is 0 Å². The molecule has 0 spiro atoms. The maximum absolute atomic E-state index is 11.2. The fourth-order valence-corrected chi connectivity index (χ4v) is 1.06. The van der Waals surface area contributed by atoms with E-state index in [0.29, 0.717) is 6.42 Å². The van der Waals surface area contributed by atoms with Gasteiger partial charge in [-0.3, -0.25) is 4.79 Å². The first-order valence-corrected chi connectivity index (χ1v) is 5.00. The summed E-state index contributed by atoms with van der Waals surface area (Å²) in [6.07, 6.45) is 9.84. The van der Waals surface area contributed by atoms with Gasteiger partial charge < -0.3 is 5.32 Å². The largest absolute Gasteiger partial charge is 0.342 e. The number of unbranched alkanes of at least 4 members (excludes halogenated alkanes) is 2. The first kappa shape index (κ1) is 12.0. The molecule has 2 nitrogen and oxygen atoms in total. The van der Waals surface area contributed by atoms with Gasteiger partial charge in [0.1, 0.15) is 0 Å². The Morgan fingerprint density at radius 2 is 2.15 bits per heavy atom. The van der Waals surface area contributed by atoms with Gasteiger partial charge in [-0.1, -0.05) is 32.6 Å². The van der Waals surface area contributed by atoms with Crippen LogP contribution in [0.15, 0.2) is 0 Å². The van der Waals surface area contributed by atoms with Gasteiger partial charge in [-0.05, 0) is 12.8 Å². The van der Waals surface area contributed by atoms with E-state index in [1.54, 1.807) is 0 Å². The quantitative estimate of drug-likeness (QED) is 0.493. The molecular formula is C11H19NO. The lowest BCUT2D eigenvalue weighted by Crippen LogP contribution is -2.32. The zero-order valence-corrected chi connectivity index (χ0v) is 8.60. The van der Waals surface area contributed by atoms with Crippen molar-refractivity contribution in [2.45, 2.75) is 52.0 Å². The molecule has 1 amide bonds. The van der Waals surface area contributed by atoms with Gasteiger partial charge in [0.2, 0.25) is 5.91 Å². The van der Waals surface area contributed by atoms with Crippen LogP contribution in [0.1, 0.15) is 46.0 Å². The summed E-state index contributed by atoms with van der Waals surface area (Å²) in [5.74, 6) is 2.62. The molecule has 2 heteroatoms. The molecule has 0 aliphatic carbocycles. The van der Waals surface area contributed by atoms with Crippen molar-refractivity contribution in [1.29, 1.82) is 0 Å². The number of hydrogen-bond acceptors (Lipinski definition) is 1. The molecule has 13 heavy (non-hydrogen) atoms. The Kier molecular flexibility index (Phi) is 7.10. The zero-order valence-electron chi connectivity index (χ0n) is 8.60. The van der Waals surface area contributed by atoms with Gasteiger partial charge in [-0.15, -0.1) is 6.42 Å². The van der Waals surface area contributed by atoms with E-state index in [4.69, 9.17) is 6.42 Å². The van der Waals surface area contributed by atoms with E-state index in [0.717, 1.165) is 25.7 Å². The third-order valence-corrected chi connectivity index (χ3v) is 1.95. The summed E-state index contributed by atoms with van der Waals surface area (Å²) < 4.78 is 0. The second-order valence-corrected chi connectivity index (χ2v) is 3.15. The van der Waals surface area contributed by atoms with Gasteiger partial charge in [-0.2, -0.15) is 0 Å². The summed E-state index contributed by atoms with van der Waals surface area (Å²) in [7, 11) is 0. The van der Waals surface area contributed by atoms with Crippen LogP contribution in [0.2, 0.25) is 0 Å². The second kappa shape index (κ2) is 7.67. The Balaban J connectivity index is 3.56. The van der Waals surface area contributed by atoms with E-state index in [1.165, 1.54) is 0 Å². The van der Waals surface area contributed by atoms with E-state index >= 15 is 0 Å². The Labute approximate surface area is 81.1 Å². The van der Waals surface area contributed by atoms with Crippen molar-refractivity contribution in [3.05, 3.63) is 0 Å². The van der Waals surface area contributed by atoms with E-state index in [9.17, 15) is 4.79 Å². The van der Waals surface area contributed by atoms with E-state index in [1.807, 2.05) is 6.92 Å². The average molecular weight is 181 g/mol. The third-order valence-electron chi connectivity index (χ3n) is 1.95. The molecular weight excluding hydrogens is 162 g/mol. The van der Waals surface area contributed by atoms with Crippen molar-refractivity contribution in [2.24, 2.45) is 0 Å². The van der Waals surface area contributed by atoms with Crippen LogP contribution in [0, 0.1) is 12.3 Å². The highest BCUT2D eigenvalue weighted by molar-refractivity contribution is 5.76. The summed E-state index contributed by atoms with van der Waals surface area (Å²) in [6.45, 7) is 4.09. The lowest BCUT2D eigenvalue weighted by Gasteiger charge is -2.09. The highest BCUT2D eigenvalue weighted by Crippen LogP contribution is 1.99. The zero-order chi connectivity index (χ0) is 10.1. The number of carbonyl (C=O) groups excluding carboxylic acids is 1. The topological polar surface area (TPSA) is 29.1 Å². The van der Waals surface area contributed by atoms with Crippen molar-refractivity contribution >= 4 is 5.91 Å². The molecule has 0 aromatic heterocycles. The standard InChI is InChI=1S/C11H19NO/c1-4-7-8-9-11(13)12-10(5-2)6-3/h2,10H,4,6-9H2,1,3H3,(H,12,13). The van der Waals surface area contributed by atoms with Crippen molar-refractivity contribution < 1.29 is 4.79 Å². The number of rotatable bonds is 6. The number of hydrogen-bond donors (Lipinski definition) is 1. The summed E-state index contributed by atoms with van der Waals surface area (Å²) >= 11 is 0. The minimum Gasteiger partial charge on any atom is -0.342 e. The lowest BCUT2D eigenvalue weighted by atomic mass is 10.2. The van der Waals surface area contributed by atoms with Gasteiger partial charge in [-0.25, -0.2) is 0 Å². The third kappa shape index (κ3) is 6.21. The van der Waals surface area contributed by atoms with Crippen LogP contribution in [-0.2, 0) is 4.79 Å². The van der Waals surface area contributed by atoms with Crippen molar-refractivity contribution in [3.8, 4) is 12.3 Å². The first-order chi connectivity index (χ1) is 6.24. The van der Waals surface area contributed by atoms with Crippen molar-refractivity contribution in [3.63, 3.8) is 0 Å². The molecule has 0 saturated heterocycles. The molecule has 1 atom stereocenters. The van der Waals surface area contributed by atoms with Crippen LogP contribution >= 0.6 is 0 Å². The highest BCUT2D eigenvalue weighted by atomic mass is 16.1. The number of carbonyl (C=O) groups is 1. The predicted molar refractivity (Wildman–Crippen MR) is 55.2 cm³/mol. The maximum atomic E-state index is 11.2. The molecule has 0 saturated carbocycles. The number of nitrogens with one attached hydrogen (secondary N) is 1. The molecule has 0 aromatic rings. The Morgan fingerprint density at radius 3 is 2.62 bits per heavy atom. The molecule has 1 unspecified atom stereocenters. The normalized spacial score (nSPS) is 11.8. The van der Waals surface area contributed by atoms with Crippen LogP contribution in [0.3, 0.4) is 0 Å². The molecule has 0 radical (unpaired) electrons. The van der Waals surface area contributed by atoms with Crippen LogP contribution < -0.4 is 5.32 Å². The van der Waals surface area contributed by atoms with E-state index < -0.39 is 0 Å². The van der Waals surface area contributed by atoms with Crippen LogP contribution in [0.4, 0.5) is 0 Å². The van der Waals surface area contributed by atoms with Gasteiger partial charge in [0.05, 0.1) is 6.04 Å². The molecule has 74 valence electrons. The van der Waals surface area contributed by atoms with Gasteiger partial charge in [0.25, 0.3) is 0 Å². The molecule has 0 bridgehead atoms. The predicted octanol–water partition coefficient (Wildman–Crippen LogP) is 2.09. The highest BCUT2D eigenvalue weighted by Gasteiger charge is 2.05. The van der Waals surface area contributed by atoms with E-state index in [2.05, 4.69) is 18.2 Å². The minimum absolute atomic E-state index is 0.0817. The smallest absolute Gasteiger partial charge is 0.220 e. The average Bonchev–Trinajstić information content (AvgIpc) is 2.14. The maximum Gasteiger partial charge on any atom is 0.220 e. The van der Waals surface area contributed by atoms with Gasteiger partial charge in [0, 0.05) is 6.42 Å². The molecule has 0 aromatic carbocycles. The van der Waals surface area contributed by atoms with Crippen LogP contribution in [0.5, 0.6) is 0 Å². The van der Waals surface area contributed by atoms with Crippen molar-refractivity contribution in [2.75, 3.05) is 0 Å². The lowest BCUT2D eigenvalue weighted by molar-refractivity contribution is -0.121. The Bertz CT molecular complexity index is 181. The second-order valence-electron chi connectivity index (χ2n) is 3.15. The fourth-order valence-electron chi connectivity index (χ4n) is 1.06. The SMILES string of the molecule is C#CC(CC)NC(=O)CCCCC. The molecule has 0 aliphatic rings. The minimum atomic E-state index is -0.0888. The summed E-state index contributed by atoms with van der Waals surface area (Å²) in [4.78, 5) is 11.2. The van der Waals surface area contributed by atoms with Crippen molar-refractivity contribution in [1.82, 2.24) is 5.32 Å². The van der Waals surface area contributed by atoms with Gasteiger partial charge in [0.15, 0.2) is 0 Å². The van der Waals surface area contributed by atoms with E-state index in [-0.39, 0.29) is 11.9 Å². The first-order valence-electron chi connectivity index (χ1n) is 5.00. The Morgan fingerprint density at radius 1 is 1.46 bits per heavy atom.